The summed E-state index contributed by atoms with van der Waals surface area (Å²) >= 11 is 0. The standard InChI is InChI=1S/C21H29N3O5S/c1-14-8-3-5-10-17(14)23-21(26)15(2)29-19(25)12-7-13-22-20-16-9-4-6-11-18(16)30(27,28)24-20/h4,6,9,11,14-15,17H,3,5,7-8,10,12-13H2,1-2H3,(H,22,24)(H,23,26)/t14-,15-,17-/m0/s1. The Labute approximate surface area is 177 Å². The van der Waals surface area contributed by atoms with E-state index >= 15 is 0 Å². The number of nitrogens with zero attached hydrogens (tertiary/aromatic N) is 1. The minimum absolute atomic E-state index is 0.0998. The first-order chi connectivity index (χ1) is 14.3. The van der Waals surface area contributed by atoms with Gasteiger partial charge in [0, 0.05) is 24.6 Å². The van der Waals surface area contributed by atoms with Crippen LogP contribution in [0.15, 0.2) is 34.2 Å². The first kappa shape index (κ1) is 22.3. The third-order valence-electron chi connectivity index (χ3n) is 5.59. The molecule has 0 spiro atoms. The third kappa shape index (κ3) is 5.38. The molecular formula is C21H29N3O5S. The van der Waals surface area contributed by atoms with Gasteiger partial charge < -0.3 is 10.1 Å². The van der Waals surface area contributed by atoms with Gasteiger partial charge in [-0.25, -0.2) is 8.42 Å². The van der Waals surface area contributed by atoms with Gasteiger partial charge in [0.05, 0.1) is 4.90 Å². The SMILES string of the molecule is C[C@H](OC(=O)CCCN=C1NS(=O)(=O)c2ccccc21)C(=O)N[C@H]1CCCC[C@@H]1C. The van der Waals surface area contributed by atoms with Gasteiger partial charge in [-0.05, 0) is 44.2 Å². The Morgan fingerprint density at radius 3 is 2.77 bits per heavy atom. The Morgan fingerprint density at radius 2 is 2.00 bits per heavy atom. The fourth-order valence-corrected chi connectivity index (χ4v) is 5.06. The second-order valence-corrected chi connectivity index (χ2v) is 9.60. The van der Waals surface area contributed by atoms with Gasteiger partial charge >= 0.3 is 5.97 Å². The van der Waals surface area contributed by atoms with E-state index in [9.17, 15) is 18.0 Å². The molecule has 30 heavy (non-hydrogen) atoms. The molecule has 164 valence electrons. The number of ether oxygens (including phenoxy) is 1. The summed E-state index contributed by atoms with van der Waals surface area (Å²) in [5.41, 5.74) is 0.530. The van der Waals surface area contributed by atoms with E-state index in [1.165, 1.54) is 12.5 Å². The molecule has 3 rings (SSSR count). The lowest BCUT2D eigenvalue weighted by Gasteiger charge is -2.30. The largest absolute Gasteiger partial charge is 0.453 e. The van der Waals surface area contributed by atoms with Crippen molar-refractivity contribution in [2.24, 2.45) is 10.9 Å². The van der Waals surface area contributed by atoms with Gasteiger partial charge in [0.1, 0.15) is 5.84 Å². The van der Waals surface area contributed by atoms with Crippen molar-refractivity contribution in [2.75, 3.05) is 6.54 Å². The number of carbonyl (C=O) groups excluding carboxylic acids is 2. The zero-order valence-corrected chi connectivity index (χ0v) is 18.2. The van der Waals surface area contributed by atoms with Crippen LogP contribution in [0.4, 0.5) is 0 Å². The van der Waals surface area contributed by atoms with Gasteiger partial charge in [-0.1, -0.05) is 31.9 Å². The quantitative estimate of drug-likeness (QED) is 0.503. The van der Waals surface area contributed by atoms with E-state index in [1.54, 1.807) is 25.1 Å². The molecule has 1 aromatic carbocycles. The Bertz CT molecular complexity index is 928. The summed E-state index contributed by atoms with van der Waals surface area (Å²) in [7, 11) is -3.57. The molecule has 9 heteroatoms. The van der Waals surface area contributed by atoms with E-state index in [-0.39, 0.29) is 35.6 Å². The maximum Gasteiger partial charge on any atom is 0.306 e. The first-order valence-electron chi connectivity index (χ1n) is 10.4. The van der Waals surface area contributed by atoms with Gasteiger partial charge in [-0.3, -0.25) is 19.3 Å². The van der Waals surface area contributed by atoms with Crippen molar-refractivity contribution in [2.45, 2.75) is 69.4 Å². The van der Waals surface area contributed by atoms with Crippen LogP contribution in [0.2, 0.25) is 0 Å². The molecule has 1 aliphatic heterocycles. The van der Waals surface area contributed by atoms with E-state index in [2.05, 4.69) is 22.0 Å². The third-order valence-corrected chi connectivity index (χ3v) is 6.99. The van der Waals surface area contributed by atoms with E-state index < -0.39 is 22.1 Å². The van der Waals surface area contributed by atoms with E-state index in [4.69, 9.17) is 4.74 Å². The number of esters is 1. The highest BCUT2D eigenvalue weighted by Crippen LogP contribution is 2.24. The molecule has 1 saturated carbocycles. The molecule has 1 heterocycles. The van der Waals surface area contributed by atoms with Gasteiger partial charge in [-0.15, -0.1) is 0 Å². The van der Waals surface area contributed by atoms with E-state index in [0.717, 1.165) is 19.3 Å². The first-order valence-corrected chi connectivity index (χ1v) is 11.9. The lowest BCUT2D eigenvalue weighted by atomic mass is 9.86. The molecular weight excluding hydrogens is 406 g/mol. The number of aliphatic imine (C=N–C) groups is 1. The smallest absolute Gasteiger partial charge is 0.306 e. The summed E-state index contributed by atoms with van der Waals surface area (Å²) in [6.45, 7) is 3.97. The number of amidine groups is 1. The topological polar surface area (TPSA) is 114 Å². The van der Waals surface area contributed by atoms with Crippen LogP contribution in [-0.2, 0) is 24.3 Å². The molecule has 0 saturated heterocycles. The summed E-state index contributed by atoms with van der Waals surface area (Å²) in [5.74, 6) is -0.0163. The minimum Gasteiger partial charge on any atom is -0.453 e. The summed E-state index contributed by atoms with van der Waals surface area (Å²) in [4.78, 5) is 28.8. The van der Waals surface area contributed by atoms with E-state index in [1.807, 2.05) is 0 Å². The van der Waals surface area contributed by atoms with Crippen molar-refractivity contribution in [3.63, 3.8) is 0 Å². The predicted molar refractivity (Wildman–Crippen MR) is 113 cm³/mol. The van der Waals surface area contributed by atoms with Crippen molar-refractivity contribution in [3.05, 3.63) is 29.8 Å². The molecule has 1 aromatic rings. The average molecular weight is 436 g/mol. The number of benzene rings is 1. The zero-order valence-electron chi connectivity index (χ0n) is 17.4. The van der Waals surface area contributed by atoms with Crippen LogP contribution in [0.3, 0.4) is 0 Å². The maximum atomic E-state index is 12.3. The number of rotatable bonds is 7. The summed E-state index contributed by atoms with van der Waals surface area (Å²) in [5, 5.41) is 2.99. The predicted octanol–water partition coefficient (Wildman–Crippen LogP) is 2.13. The Morgan fingerprint density at radius 1 is 1.27 bits per heavy atom. The molecule has 1 aliphatic carbocycles. The van der Waals surface area contributed by atoms with Crippen LogP contribution < -0.4 is 10.0 Å². The number of hydrogen-bond acceptors (Lipinski definition) is 6. The molecule has 0 aromatic heterocycles. The highest BCUT2D eigenvalue weighted by molar-refractivity contribution is 7.90. The lowest BCUT2D eigenvalue weighted by Crippen LogP contribution is -2.45. The molecule has 0 bridgehead atoms. The minimum atomic E-state index is -3.57. The number of hydrogen-bond donors (Lipinski definition) is 2. The summed E-state index contributed by atoms with van der Waals surface area (Å²) in [6.07, 6.45) is 4.00. The molecule has 1 fully saturated rings. The van der Waals surface area contributed by atoms with Crippen LogP contribution >= 0.6 is 0 Å². The highest BCUT2D eigenvalue weighted by Gasteiger charge is 2.30. The molecule has 8 nitrogen and oxygen atoms in total. The molecule has 0 unspecified atom stereocenters. The monoisotopic (exact) mass is 435 g/mol. The number of carbonyl (C=O) groups is 2. The van der Waals surface area contributed by atoms with E-state index in [0.29, 0.717) is 17.9 Å². The average Bonchev–Trinajstić information content (AvgIpc) is 2.97. The van der Waals surface area contributed by atoms with Gasteiger partial charge in [0.2, 0.25) is 0 Å². The second kappa shape index (κ2) is 9.59. The number of amides is 1. The summed E-state index contributed by atoms with van der Waals surface area (Å²) in [6, 6.07) is 6.75. The van der Waals surface area contributed by atoms with Crippen molar-refractivity contribution in [1.82, 2.24) is 10.0 Å². The fraction of sp³-hybridized carbons (Fsp3) is 0.571. The van der Waals surface area contributed by atoms with Crippen LogP contribution in [0, 0.1) is 5.92 Å². The molecule has 2 N–H and O–H groups in total. The molecule has 2 aliphatic rings. The zero-order chi connectivity index (χ0) is 21.7. The molecule has 0 radical (unpaired) electrons. The van der Waals surface area contributed by atoms with Crippen LogP contribution in [-0.4, -0.2) is 44.8 Å². The van der Waals surface area contributed by atoms with Crippen LogP contribution in [0.5, 0.6) is 0 Å². The van der Waals surface area contributed by atoms with Crippen molar-refractivity contribution in [1.29, 1.82) is 0 Å². The Balaban J connectivity index is 1.43. The van der Waals surface area contributed by atoms with Gasteiger partial charge in [-0.2, -0.15) is 0 Å². The molecule has 1 amide bonds. The molecule has 3 atom stereocenters. The van der Waals surface area contributed by atoms with Crippen molar-refractivity contribution in [3.8, 4) is 0 Å². The number of sulfonamides is 1. The highest BCUT2D eigenvalue weighted by atomic mass is 32.2. The Kier molecular flexibility index (Phi) is 7.12. The number of nitrogens with one attached hydrogen (secondary N) is 2. The second-order valence-electron chi connectivity index (χ2n) is 7.94. The normalized spacial score (nSPS) is 24.5. The fourth-order valence-electron chi connectivity index (χ4n) is 3.81. The van der Waals surface area contributed by atoms with Crippen LogP contribution in [0.1, 0.15) is 57.9 Å². The van der Waals surface area contributed by atoms with Gasteiger partial charge in [0.15, 0.2) is 6.10 Å². The Hall–Kier alpha value is -2.42. The van der Waals surface area contributed by atoms with Crippen molar-refractivity contribution < 1.29 is 22.7 Å². The summed E-state index contributed by atoms with van der Waals surface area (Å²) < 4.78 is 31.8. The number of fused-ring (bicyclic) bond motifs is 1. The maximum absolute atomic E-state index is 12.3. The lowest BCUT2D eigenvalue weighted by molar-refractivity contribution is -0.155. The van der Waals surface area contributed by atoms with Crippen molar-refractivity contribution >= 4 is 27.7 Å². The van der Waals surface area contributed by atoms with Crippen LogP contribution in [0.25, 0.3) is 0 Å². The van der Waals surface area contributed by atoms with Gasteiger partial charge in [0.25, 0.3) is 15.9 Å².